The Morgan fingerprint density at radius 3 is 2.75 bits per heavy atom. The van der Waals surface area contributed by atoms with Crippen LogP contribution in [0.4, 0.5) is 0 Å². The van der Waals surface area contributed by atoms with Crippen molar-refractivity contribution in [1.82, 2.24) is 30.0 Å². The van der Waals surface area contributed by atoms with Crippen molar-refractivity contribution in [3.05, 3.63) is 84.1 Å². The lowest BCUT2D eigenvalue weighted by Gasteiger charge is -2.23. The number of para-hydroxylation sites is 1. The highest BCUT2D eigenvalue weighted by Crippen LogP contribution is 2.26. The van der Waals surface area contributed by atoms with Crippen LogP contribution in [0.25, 0.3) is 10.9 Å². The SMILES string of the molecule is O=C(NCc1ccc(Cn2cncn2)cc1)[C@H]1CSCN1C(=O)c1c[nH]c2ccccc12. The van der Waals surface area contributed by atoms with Crippen molar-refractivity contribution >= 4 is 34.5 Å². The fraction of sp³-hybridized carbons (Fsp3) is 0.217. The van der Waals surface area contributed by atoms with Crippen LogP contribution in [0.15, 0.2) is 67.4 Å². The second-order valence-electron chi connectivity index (χ2n) is 7.67. The summed E-state index contributed by atoms with van der Waals surface area (Å²) in [5.41, 5.74) is 3.62. The topological polar surface area (TPSA) is 95.9 Å². The summed E-state index contributed by atoms with van der Waals surface area (Å²) in [5.74, 6) is 0.851. The Kier molecular flexibility index (Phi) is 5.64. The van der Waals surface area contributed by atoms with E-state index in [0.717, 1.165) is 22.0 Å². The van der Waals surface area contributed by atoms with E-state index in [2.05, 4.69) is 20.4 Å². The molecule has 0 saturated carbocycles. The quantitative estimate of drug-likeness (QED) is 0.475. The van der Waals surface area contributed by atoms with Crippen LogP contribution in [0.1, 0.15) is 21.5 Å². The van der Waals surface area contributed by atoms with Crippen LogP contribution < -0.4 is 5.32 Å². The maximum Gasteiger partial charge on any atom is 0.257 e. The Morgan fingerprint density at radius 2 is 1.94 bits per heavy atom. The molecule has 162 valence electrons. The molecule has 1 saturated heterocycles. The van der Waals surface area contributed by atoms with E-state index in [9.17, 15) is 9.59 Å². The van der Waals surface area contributed by atoms with E-state index in [1.807, 2.05) is 48.5 Å². The summed E-state index contributed by atoms with van der Waals surface area (Å²) in [6.07, 6.45) is 4.92. The number of hydrogen-bond acceptors (Lipinski definition) is 5. The highest BCUT2D eigenvalue weighted by atomic mass is 32.2. The average Bonchev–Trinajstić information content (AvgIpc) is 3.58. The lowest BCUT2D eigenvalue weighted by molar-refractivity contribution is -0.124. The zero-order valence-corrected chi connectivity index (χ0v) is 18.1. The van der Waals surface area contributed by atoms with Gasteiger partial charge in [-0.2, -0.15) is 5.10 Å². The van der Waals surface area contributed by atoms with Crippen molar-refractivity contribution in [2.24, 2.45) is 0 Å². The van der Waals surface area contributed by atoms with Gasteiger partial charge >= 0.3 is 0 Å². The minimum atomic E-state index is -0.479. The van der Waals surface area contributed by atoms with Gasteiger partial charge in [-0.25, -0.2) is 9.67 Å². The van der Waals surface area contributed by atoms with Gasteiger partial charge in [-0.3, -0.25) is 9.59 Å². The monoisotopic (exact) mass is 446 g/mol. The van der Waals surface area contributed by atoms with Crippen molar-refractivity contribution in [3.63, 3.8) is 0 Å². The average molecular weight is 447 g/mol. The van der Waals surface area contributed by atoms with Crippen molar-refractivity contribution in [2.75, 3.05) is 11.6 Å². The molecule has 2 amide bonds. The molecule has 0 bridgehead atoms. The van der Waals surface area contributed by atoms with Crippen molar-refractivity contribution in [3.8, 4) is 0 Å². The Hall–Kier alpha value is -3.59. The number of carbonyl (C=O) groups excluding carboxylic acids is 2. The molecule has 5 rings (SSSR count). The smallest absolute Gasteiger partial charge is 0.257 e. The molecule has 1 aliphatic rings. The van der Waals surface area contributed by atoms with E-state index in [1.165, 1.54) is 6.33 Å². The van der Waals surface area contributed by atoms with Crippen molar-refractivity contribution in [2.45, 2.75) is 19.1 Å². The number of H-pyrrole nitrogens is 1. The van der Waals surface area contributed by atoms with Gasteiger partial charge in [0.15, 0.2) is 0 Å². The lowest BCUT2D eigenvalue weighted by atomic mass is 10.1. The number of aromatic nitrogens is 4. The van der Waals surface area contributed by atoms with Gasteiger partial charge in [0.1, 0.15) is 18.7 Å². The Morgan fingerprint density at radius 1 is 1.12 bits per heavy atom. The van der Waals surface area contributed by atoms with Crippen LogP contribution in [0, 0.1) is 0 Å². The highest BCUT2D eigenvalue weighted by molar-refractivity contribution is 7.99. The van der Waals surface area contributed by atoms with Crippen LogP contribution in [0.2, 0.25) is 0 Å². The number of hydrogen-bond donors (Lipinski definition) is 2. The number of rotatable bonds is 6. The van der Waals surface area contributed by atoms with E-state index in [-0.39, 0.29) is 11.8 Å². The van der Waals surface area contributed by atoms with E-state index < -0.39 is 6.04 Å². The first-order valence-electron chi connectivity index (χ1n) is 10.3. The first-order chi connectivity index (χ1) is 15.7. The molecule has 2 aromatic heterocycles. The van der Waals surface area contributed by atoms with Gasteiger partial charge in [-0.15, -0.1) is 11.8 Å². The summed E-state index contributed by atoms with van der Waals surface area (Å²) >= 11 is 1.60. The number of aromatic amines is 1. The predicted molar refractivity (Wildman–Crippen MR) is 123 cm³/mol. The van der Waals surface area contributed by atoms with E-state index >= 15 is 0 Å². The summed E-state index contributed by atoms with van der Waals surface area (Å²) < 4.78 is 1.76. The number of carbonyl (C=O) groups is 2. The van der Waals surface area contributed by atoms with Gasteiger partial charge in [0.25, 0.3) is 5.91 Å². The second-order valence-corrected chi connectivity index (χ2v) is 8.67. The number of amides is 2. The van der Waals surface area contributed by atoms with Gasteiger partial charge in [0.05, 0.1) is 18.0 Å². The van der Waals surface area contributed by atoms with Gasteiger partial charge in [0, 0.05) is 29.4 Å². The first kappa shape index (κ1) is 20.3. The number of fused-ring (bicyclic) bond motifs is 1. The predicted octanol–water partition coefficient (Wildman–Crippen LogP) is 2.64. The molecule has 1 fully saturated rings. The molecule has 1 aliphatic heterocycles. The second kappa shape index (κ2) is 8.88. The number of nitrogens with zero attached hydrogens (tertiary/aromatic N) is 4. The highest BCUT2D eigenvalue weighted by Gasteiger charge is 2.35. The molecule has 0 aliphatic carbocycles. The minimum absolute atomic E-state index is 0.120. The lowest BCUT2D eigenvalue weighted by Crippen LogP contribution is -2.47. The minimum Gasteiger partial charge on any atom is -0.360 e. The number of nitrogens with one attached hydrogen (secondary N) is 2. The standard InChI is InChI=1S/C23H22N6O2S/c30-22(26-9-16-5-7-17(8-6-16)11-28-14-24-13-27-28)21-12-32-15-29(21)23(31)19-10-25-20-4-2-1-3-18(19)20/h1-8,10,13-14,21,25H,9,11-12,15H2,(H,26,30)/t21-/m1/s1. The van der Waals surface area contributed by atoms with Crippen molar-refractivity contribution in [1.29, 1.82) is 0 Å². The molecule has 8 nitrogen and oxygen atoms in total. The third kappa shape index (κ3) is 4.11. The largest absolute Gasteiger partial charge is 0.360 e. The molecular formula is C23H22N6O2S. The summed E-state index contributed by atoms with van der Waals surface area (Å²) in [5, 5.41) is 7.97. The number of thioether (sulfide) groups is 1. The Bertz CT molecular complexity index is 1240. The summed E-state index contributed by atoms with van der Waals surface area (Å²) in [6, 6.07) is 15.2. The van der Waals surface area contributed by atoms with Crippen LogP contribution >= 0.6 is 11.8 Å². The van der Waals surface area contributed by atoms with Crippen LogP contribution in [-0.2, 0) is 17.9 Å². The fourth-order valence-electron chi connectivity index (χ4n) is 3.83. The van der Waals surface area contributed by atoms with Gasteiger partial charge < -0.3 is 15.2 Å². The zero-order chi connectivity index (χ0) is 21.9. The molecule has 32 heavy (non-hydrogen) atoms. The molecule has 9 heteroatoms. The Labute approximate surface area is 189 Å². The molecule has 0 radical (unpaired) electrons. The van der Waals surface area contributed by atoms with E-state index in [4.69, 9.17) is 0 Å². The van der Waals surface area contributed by atoms with E-state index in [1.54, 1.807) is 33.9 Å². The molecule has 2 aromatic carbocycles. The van der Waals surface area contributed by atoms with Crippen LogP contribution in [-0.4, -0.2) is 54.1 Å². The van der Waals surface area contributed by atoms with Crippen molar-refractivity contribution < 1.29 is 9.59 Å². The van der Waals surface area contributed by atoms with Gasteiger partial charge in [0.2, 0.25) is 5.91 Å². The molecule has 3 heterocycles. The molecule has 2 N–H and O–H groups in total. The molecule has 0 spiro atoms. The van der Waals surface area contributed by atoms with Gasteiger partial charge in [-0.1, -0.05) is 42.5 Å². The summed E-state index contributed by atoms with van der Waals surface area (Å²) in [7, 11) is 0. The van der Waals surface area contributed by atoms with Crippen LogP contribution in [0.5, 0.6) is 0 Å². The third-order valence-corrected chi connectivity index (χ3v) is 6.58. The van der Waals surface area contributed by atoms with Gasteiger partial charge in [-0.05, 0) is 17.2 Å². The summed E-state index contributed by atoms with van der Waals surface area (Å²) in [6.45, 7) is 1.07. The third-order valence-electron chi connectivity index (χ3n) is 5.57. The zero-order valence-electron chi connectivity index (χ0n) is 17.3. The fourth-order valence-corrected chi connectivity index (χ4v) is 4.99. The first-order valence-corrected chi connectivity index (χ1v) is 11.5. The Balaban J connectivity index is 1.21. The molecular weight excluding hydrogens is 424 g/mol. The maximum atomic E-state index is 13.2. The molecule has 4 aromatic rings. The summed E-state index contributed by atoms with van der Waals surface area (Å²) in [4.78, 5) is 34.8. The molecule has 0 unspecified atom stereocenters. The van der Waals surface area contributed by atoms with Crippen LogP contribution in [0.3, 0.4) is 0 Å². The number of benzene rings is 2. The molecule has 1 atom stereocenters. The maximum absolute atomic E-state index is 13.2. The van der Waals surface area contributed by atoms with E-state index in [0.29, 0.717) is 30.3 Å². The normalized spacial score (nSPS) is 15.9.